The average molecular weight is 491 g/mol. The molecule has 0 aliphatic rings. The standard InChI is InChI=1S/C21H19ClN4O6S/c1-2-25(15-6-4-3-5-7-15)33(31,32)17-9-10-18(22)19(12-17)23-20(27)14-24-13-16(26(29)30)8-11-21(24)28/h3-13H,2,14H2,1H3,(H,23,27). The number of nitrogens with one attached hydrogen (secondary N) is 1. The Morgan fingerprint density at radius 2 is 1.85 bits per heavy atom. The summed E-state index contributed by atoms with van der Waals surface area (Å²) in [5.74, 6) is -0.718. The summed E-state index contributed by atoms with van der Waals surface area (Å²) in [7, 11) is -3.97. The number of para-hydroxylation sites is 1. The summed E-state index contributed by atoms with van der Waals surface area (Å²) in [6, 6.07) is 14.4. The molecule has 1 heterocycles. The molecule has 1 N–H and O–H groups in total. The zero-order chi connectivity index (χ0) is 24.2. The third-order valence-electron chi connectivity index (χ3n) is 4.62. The van der Waals surface area contributed by atoms with Crippen LogP contribution < -0.4 is 15.2 Å². The number of halogens is 1. The Morgan fingerprint density at radius 3 is 2.48 bits per heavy atom. The number of hydrogen-bond acceptors (Lipinski definition) is 6. The molecule has 10 nitrogen and oxygen atoms in total. The van der Waals surface area contributed by atoms with Gasteiger partial charge in [0.1, 0.15) is 6.54 Å². The molecule has 1 amide bonds. The highest BCUT2D eigenvalue weighted by Crippen LogP contribution is 2.29. The normalized spacial score (nSPS) is 11.1. The third kappa shape index (κ3) is 5.38. The molecule has 3 aromatic rings. The molecule has 0 saturated heterocycles. The van der Waals surface area contributed by atoms with Crippen molar-refractivity contribution in [2.75, 3.05) is 16.2 Å². The van der Waals surface area contributed by atoms with E-state index in [0.29, 0.717) is 5.69 Å². The number of rotatable bonds is 8. The summed E-state index contributed by atoms with van der Waals surface area (Å²) >= 11 is 6.14. The Balaban J connectivity index is 1.87. The first-order chi connectivity index (χ1) is 15.6. The first-order valence-electron chi connectivity index (χ1n) is 9.65. The van der Waals surface area contributed by atoms with Crippen molar-refractivity contribution in [3.8, 4) is 0 Å². The average Bonchev–Trinajstić information content (AvgIpc) is 2.77. The molecule has 0 aliphatic carbocycles. The highest BCUT2D eigenvalue weighted by molar-refractivity contribution is 7.92. The molecule has 3 rings (SSSR count). The number of pyridine rings is 1. The summed E-state index contributed by atoms with van der Waals surface area (Å²) < 4.78 is 28.5. The van der Waals surface area contributed by atoms with Crippen LogP contribution in [0.2, 0.25) is 5.02 Å². The predicted molar refractivity (Wildman–Crippen MR) is 124 cm³/mol. The van der Waals surface area contributed by atoms with Gasteiger partial charge in [0.15, 0.2) is 0 Å². The maximum atomic E-state index is 13.2. The summed E-state index contributed by atoms with van der Waals surface area (Å²) in [5, 5.41) is 13.5. The molecular weight excluding hydrogens is 472 g/mol. The molecular formula is C21H19ClN4O6S. The van der Waals surface area contributed by atoms with E-state index in [0.717, 1.165) is 22.9 Å². The van der Waals surface area contributed by atoms with Crippen molar-refractivity contribution in [1.82, 2.24) is 4.57 Å². The lowest BCUT2D eigenvalue weighted by atomic mass is 10.3. The number of hydrogen-bond donors (Lipinski definition) is 1. The molecule has 0 unspecified atom stereocenters. The number of aromatic nitrogens is 1. The highest BCUT2D eigenvalue weighted by Gasteiger charge is 2.24. The molecule has 0 radical (unpaired) electrons. The van der Waals surface area contributed by atoms with E-state index >= 15 is 0 Å². The molecule has 0 bridgehead atoms. The quantitative estimate of drug-likeness (QED) is 0.380. The van der Waals surface area contributed by atoms with E-state index in [2.05, 4.69) is 5.32 Å². The molecule has 172 valence electrons. The van der Waals surface area contributed by atoms with Gasteiger partial charge in [0.05, 0.1) is 32.4 Å². The number of carbonyl (C=O) groups excluding carboxylic acids is 1. The zero-order valence-electron chi connectivity index (χ0n) is 17.3. The minimum atomic E-state index is -3.97. The number of nitrogens with zero attached hydrogens (tertiary/aromatic N) is 3. The van der Waals surface area contributed by atoms with Crippen LogP contribution in [0, 0.1) is 10.1 Å². The first kappa shape index (κ1) is 24.0. The molecule has 0 saturated carbocycles. The van der Waals surface area contributed by atoms with Gasteiger partial charge in [-0.3, -0.25) is 28.6 Å². The lowest BCUT2D eigenvalue weighted by Gasteiger charge is -2.23. The van der Waals surface area contributed by atoms with E-state index < -0.39 is 33.0 Å². The largest absolute Gasteiger partial charge is 0.323 e. The maximum Gasteiger partial charge on any atom is 0.285 e. The SMILES string of the molecule is CCN(c1ccccc1)S(=O)(=O)c1ccc(Cl)c(NC(=O)Cn2cc([N+](=O)[O-])ccc2=O)c1. The van der Waals surface area contributed by atoms with Crippen molar-refractivity contribution in [2.24, 2.45) is 0 Å². The van der Waals surface area contributed by atoms with Crippen LogP contribution >= 0.6 is 11.6 Å². The van der Waals surface area contributed by atoms with Gasteiger partial charge < -0.3 is 5.32 Å². The fraction of sp³-hybridized carbons (Fsp3) is 0.143. The van der Waals surface area contributed by atoms with E-state index in [1.165, 1.54) is 22.5 Å². The van der Waals surface area contributed by atoms with Crippen LogP contribution in [0.1, 0.15) is 6.92 Å². The highest BCUT2D eigenvalue weighted by atomic mass is 35.5. The lowest BCUT2D eigenvalue weighted by Crippen LogP contribution is -2.31. The van der Waals surface area contributed by atoms with Crippen LogP contribution in [0.5, 0.6) is 0 Å². The minimum Gasteiger partial charge on any atom is -0.323 e. The van der Waals surface area contributed by atoms with Crippen molar-refractivity contribution < 1.29 is 18.1 Å². The van der Waals surface area contributed by atoms with E-state index in [-0.39, 0.29) is 27.8 Å². The summed E-state index contributed by atoms with van der Waals surface area (Å²) in [6.45, 7) is 1.34. The van der Waals surface area contributed by atoms with Crippen molar-refractivity contribution >= 4 is 44.6 Å². The van der Waals surface area contributed by atoms with Crippen molar-refractivity contribution in [1.29, 1.82) is 0 Å². The Bertz CT molecular complexity index is 1360. The van der Waals surface area contributed by atoms with Crippen LogP contribution in [-0.4, -0.2) is 30.4 Å². The molecule has 1 aromatic heterocycles. The van der Waals surface area contributed by atoms with Crippen molar-refractivity contribution in [3.05, 3.63) is 92.4 Å². The van der Waals surface area contributed by atoms with E-state index in [9.17, 15) is 28.1 Å². The predicted octanol–water partition coefficient (Wildman–Crippen LogP) is 3.26. The van der Waals surface area contributed by atoms with E-state index in [4.69, 9.17) is 11.6 Å². The number of anilines is 2. The van der Waals surface area contributed by atoms with E-state index in [1.54, 1.807) is 37.3 Å². The molecule has 2 aromatic carbocycles. The summed E-state index contributed by atoms with van der Waals surface area (Å²) in [6.07, 6.45) is 0.948. The third-order valence-corrected chi connectivity index (χ3v) is 6.85. The van der Waals surface area contributed by atoms with Gasteiger partial charge in [-0.05, 0) is 37.3 Å². The monoisotopic (exact) mass is 490 g/mol. The van der Waals surface area contributed by atoms with Gasteiger partial charge in [-0.25, -0.2) is 8.42 Å². The summed E-state index contributed by atoms with van der Waals surface area (Å²) in [5.41, 5.74) is -0.468. The maximum absolute atomic E-state index is 13.2. The van der Waals surface area contributed by atoms with Gasteiger partial charge in [-0.15, -0.1) is 0 Å². The Morgan fingerprint density at radius 1 is 1.15 bits per heavy atom. The van der Waals surface area contributed by atoms with Crippen LogP contribution in [0.15, 0.2) is 76.6 Å². The number of carbonyl (C=O) groups is 1. The van der Waals surface area contributed by atoms with Crippen molar-refractivity contribution in [3.63, 3.8) is 0 Å². The number of sulfonamides is 1. The van der Waals surface area contributed by atoms with Crippen LogP contribution in [-0.2, 0) is 21.4 Å². The fourth-order valence-electron chi connectivity index (χ4n) is 3.07. The van der Waals surface area contributed by atoms with Crippen LogP contribution in [0.25, 0.3) is 0 Å². The minimum absolute atomic E-state index is 0.0188. The molecule has 33 heavy (non-hydrogen) atoms. The fourth-order valence-corrected chi connectivity index (χ4v) is 4.73. The second-order valence-corrected chi connectivity index (χ2v) is 9.08. The molecule has 0 aliphatic heterocycles. The first-order valence-corrected chi connectivity index (χ1v) is 11.5. The second-order valence-electron chi connectivity index (χ2n) is 6.81. The topological polar surface area (TPSA) is 132 Å². The van der Waals surface area contributed by atoms with Crippen LogP contribution in [0.4, 0.5) is 17.1 Å². The second kappa shape index (κ2) is 9.84. The zero-order valence-corrected chi connectivity index (χ0v) is 18.9. The summed E-state index contributed by atoms with van der Waals surface area (Å²) in [4.78, 5) is 34.5. The van der Waals surface area contributed by atoms with E-state index in [1.807, 2.05) is 0 Å². The molecule has 12 heteroatoms. The van der Waals surface area contributed by atoms with Crippen molar-refractivity contribution in [2.45, 2.75) is 18.4 Å². The number of benzene rings is 2. The van der Waals surface area contributed by atoms with Gasteiger partial charge in [-0.1, -0.05) is 29.8 Å². The van der Waals surface area contributed by atoms with Gasteiger partial charge in [0, 0.05) is 18.7 Å². The number of amides is 1. The molecule has 0 fully saturated rings. The smallest absolute Gasteiger partial charge is 0.285 e. The van der Waals surface area contributed by atoms with Gasteiger partial charge in [0.25, 0.3) is 21.3 Å². The Hall–Kier alpha value is -3.70. The van der Waals surface area contributed by atoms with Gasteiger partial charge >= 0.3 is 0 Å². The molecule has 0 atom stereocenters. The van der Waals surface area contributed by atoms with Crippen LogP contribution in [0.3, 0.4) is 0 Å². The van der Waals surface area contributed by atoms with Gasteiger partial charge in [0.2, 0.25) is 5.91 Å². The molecule has 0 spiro atoms. The Labute approximate surface area is 194 Å². The van der Waals surface area contributed by atoms with Gasteiger partial charge in [-0.2, -0.15) is 0 Å². The Kier molecular flexibility index (Phi) is 7.14. The number of nitro groups is 1. The lowest BCUT2D eigenvalue weighted by molar-refractivity contribution is -0.385.